The summed E-state index contributed by atoms with van der Waals surface area (Å²) in [5.74, 6) is -0.0862. The summed E-state index contributed by atoms with van der Waals surface area (Å²) < 4.78 is 1.93. The van der Waals surface area contributed by atoms with E-state index in [0.717, 1.165) is 16.3 Å². The summed E-state index contributed by atoms with van der Waals surface area (Å²) in [7, 11) is 0. The zero-order valence-corrected chi connectivity index (χ0v) is 10.6. The molecule has 6 heteroatoms. The molecule has 2 heterocycles. The van der Waals surface area contributed by atoms with Gasteiger partial charge in [0.1, 0.15) is 0 Å². The van der Waals surface area contributed by atoms with Crippen LogP contribution in [0.5, 0.6) is 0 Å². The highest BCUT2D eigenvalue weighted by molar-refractivity contribution is 7.15. The average molecular weight is 253 g/mol. The zero-order chi connectivity index (χ0) is 12.4. The minimum absolute atomic E-state index is 0.0862. The average Bonchev–Trinajstić information content (AvgIpc) is 2.76. The third-order valence-corrected chi connectivity index (χ3v) is 3.23. The number of aromatic nitrogens is 2. The van der Waals surface area contributed by atoms with E-state index >= 15 is 0 Å². The number of amides is 1. The van der Waals surface area contributed by atoms with Crippen molar-refractivity contribution in [3.8, 4) is 0 Å². The SMILES string of the molecule is Cc1cn2c(CC(=O)NC[C@@H](C)O)csc2n1. The molecule has 0 aliphatic carbocycles. The topological polar surface area (TPSA) is 66.6 Å². The predicted molar refractivity (Wildman–Crippen MR) is 66.2 cm³/mol. The molecular formula is C11H15N3O2S. The number of carbonyl (C=O) groups excluding carboxylic acids is 1. The van der Waals surface area contributed by atoms with Gasteiger partial charge in [0.15, 0.2) is 4.96 Å². The minimum Gasteiger partial charge on any atom is -0.392 e. The lowest BCUT2D eigenvalue weighted by atomic mass is 10.3. The van der Waals surface area contributed by atoms with Crippen molar-refractivity contribution >= 4 is 22.2 Å². The van der Waals surface area contributed by atoms with Gasteiger partial charge in [0, 0.05) is 23.8 Å². The maximum Gasteiger partial charge on any atom is 0.226 e. The van der Waals surface area contributed by atoms with Gasteiger partial charge in [-0.05, 0) is 13.8 Å². The van der Waals surface area contributed by atoms with Crippen LogP contribution in [-0.2, 0) is 11.2 Å². The number of fused-ring (bicyclic) bond motifs is 1. The monoisotopic (exact) mass is 253 g/mol. The van der Waals surface area contributed by atoms with Crippen LogP contribution < -0.4 is 5.32 Å². The Morgan fingerprint density at radius 2 is 2.47 bits per heavy atom. The van der Waals surface area contributed by atoms with Crippen LogP contribution in [0.4, 0.5) is 0 Å². The molecule has 0 spiro atoms. The van der Waals surface area contributed by atoms with E-state index in [4.69, 9.17) is 5.11 Å². The van der Waals surface area contributed by atoms with E-state index in [9.17, 15) is 4.79 Å². The van der Waals surface area contributed by atoms with Gasteiger partial charge in [-0.2, -0.15) is 0 Å². The summed E-state index contributed by atoms with van der Waals surface area (Å²) >= 11 is 1.52. The minimum atomic E-state index is -0.517. The molecule has 17 heavy (non-hydrogen) atoms. The molecule has 0 aliphatic heterocycles. The van der Waals surface area contributed by atoms with Crippen molar-refractivity contribution in [2.45, 2.75) is 26.4 Å². The Labute approximate surface area is 103 Å². The fourth-order valence-electron chi connectivity index (χ4n) is 1.56. The Bertz CT molecular complexity index is 530. The summed E-state index contributed by atoms with van der Waals surface area (Å²) in [5.41, 5.74) is 1.87. The number of aliphatic hydroxyl groups excluding tert-OH is 1. The van der Waals surface area contributed by atoms with Crippen molar-refractivity contribution < 1.29 is 9.90 Å². The molecule has 2 aromatic heterocycles. The van der Waals surface area contributed by atoms with Crippen LogP contribution in [0.1, 0.15) is 18.3 Å². The Balaban J connectivity index is 2.05. The predicted octanol–water partition coefficient (Wildman–Crippen LogP) is 0.744. The first-order chi connectivity index (χ1) is 8.06. The number of aryl methyl sites for hydroxylation is 1. The van der Waals surface area contributed by atoms with E-state index < -0.39 is 6.10 Å². The standard InChI is InChI=1S/C11H15N3O2S/c1-7-5-14-9(6-17-11(14)13-7)3-10(16)12-4-8(2)15/h5-6,8,15H,3-4H2,1-2H3,(H,12,16)/t8-/m1/s1. The van der Waals surface area contributed by atoms with Crippen molar-refractivity contribution in [1.29, 1.82) is 0 Å². The van der Waals surface area contributed by atoms with E-state index in [2.05, 4.69) is 10.3 Å². The molecule has 0 aromatic carbocycles. The number of nitrogens with zero attached hydrogens (tertiary/aromatic N) is 2. The number of aliphatic hydroxyl groups is 1. The van der Waals surface area contributed by atoms with E-state index in [0.29, 0.717) is 6.42 Å². The molecule has 0 unspecified atom stereocenters. The van der Waals surface area contributed by atoms with Gasteiger partial charge >= 0.3 is 0 Å². The molecule has 1 atom stereocenters. The highest BCUT2D eigenvalue weighted by Gasteiger charge is 2.10. The second kappa shape index (κ2) is 4.85. The van der Waals surface area contributed by atoms with Crippen molar-refractivity contribution in [2.24, 2.45) is 0 Å². The van der Waals surface area contributed by atoms with Gasteiger partial charge in [0.05, 0.1) is 18.2 Å². The van der Waals surface area contributed by atoms with Crippen LogP contribution in [-0.4, -0.2) is 33.0 Å². The number of imidazole rings is 1. The number of hydrogen-bond acceptors (Lipinski definition) is 4. The molecule has 5 nitrogen and oxygen atoms in total. The number of thiazole rings is 1. The molecule has 0 bridgehead atoms. The lowest BCUT2D eigenvalue weighted by Gasteiger charge is -2.06. The lowest BCUT2D eigenvalue weighted by molar-refractivity contribution is -0.120. The van der Waals surface area contributed by atoms with E-state index in [1.807, 2.05) is 22.9 Å². The van der Waals surface area contributed by atoms with Gasteiger partial charge in [-0.1, -0.05) is 0 Å². The van der Waals surface area contributed by atoms with Crippen LogP contribution in [0.3, 0.4) is 0 Å². The first kappa shape index (κ1) is 12.1. The Morgan fingerprint density at radius 3 is 3.18 bits per heavy atom. The number of hydrogen-bond donors (Lipinski definition) is 2. The molecule has 0 radical (unpaired) electrons. The summed E-state index contributed by atoms with van der Waals surface area (Å²) in [6.07, 6.45) is 1.71. The number of carbonyl (C=O) groups is 1. The van der Waals surface area contributed by atoms with E-state index in [-0.39, 0.29) is 12.5 Å². The third-order valence-electron chi connectivity index (χ3n) is 2.34. The smallest absolute Gasteiger partial charge is 0.226 e. The maximum atomic E-state index is 11.6. The molecule has 0 fully saturated rings. The summed E-state index contributed by atoms with van der Waals surface area (Å²) in [4.78, 5) is 16.8. The van der Waals surface area contributed by atoms with Crippen LogP contribution >= 0.6 is 11.3 Å². The quantitative estimate of drug-likeness (QED) is 0.844. The molecule has 92 valence electrons. The second-order valence-corrected chi connectivity index (χ2v) is 4.93. The van der Waals surface area contributed by atoms with Gasteiger partial charge < -0.3 is 10.4 Å². The summed E-state index contributed by atoms with van der Waals surface area (Å²) in [6.45, 7) is 3.86. The fourth-order valence-corrected chi connectivity index (χ4v) is 2.48. The molecule has 0 saturated heterocycles. The normalized spacial score (nSPS) is 12.9. The molecule has 1 amide bonds. The Morgan fingerprint density at radius 1 is 1.71 bits per heavy atom. The van der Waals surface area contributed by atoms with Crippen molar-refractivity contribution in [1.82, 2.24) is 14.7 Å². The third kappa shape index (κ3) is 2.83. The van der Waals surface area contributed by atoms with E-state index in [1.165, 1.54) is 11.3 Å². The molecule has 2 N–H and O–H groups in total. The van der Waals surface area contributed by atoms with Gasteiger partial charge in [0.25, 0.3) is 0 Å². The van der Waals surface area contributed by atoms with Gasteiger partial charge in [0.2, 0.25) is 5.91 Å². The van der Waals surface area contributed by atoms with Gasteiger partial charge in [-0.3, -0.25) is 9.20 Å². The highest BCUT2D eigenvalue weighted by Crippen LogP contribution is 2.16. The van der Waals surface area contributed by atoms with Gasteiger partial charge in [-0.15, -0.1) is 11.3 Å². The van der Waals surface area contributed by atoms with Crippen molar-refractivity contribution in [3.05, 3.63) is 23.0 Å². The van der Waals surface area contributed by atoms with Crippen LogP contribution in [0.25, 0.3) is 4.96 Å². The first-order valence-corrected chi connectivity index (χ1v) is 6.31. The van der Waals surface area contributed by atoms with Crippen molar-refractivity contribution in [2.75, 3.05) is 6.54 Å². The van der Waals surface area contributed by atoms with Crippen molar-refractivity contribution in [3.63, 3.8) is 0 Å². The largest absolute Gasteiger partial charge is 0.392 e. The first-order valence-electron chi connectivity index (χ1n) is 5.43. The zero-order valence-electron chi connectivity index (χ0n) is 9.80. The lowest BCUT2D eigenvalue weighted by Crippen LogP contribution is -2.31. The summed E-state index contributed by atoms with van der Waals surface area (Å²) in [6, 6.07) is 0. The van der Waals surface area contributed by atoms with Gasteiger partial charge in [-0.25, -0.2) is 4.98 Å². The van der Waals surface area contributed by atoms with Crippen LogP contribution in [0.2, 0.25) is 0 Å². The maximum absolute atomic E-state index is 11.6. The molecule has 2 aromatic rings. The second-order valence-electron chi connectivity index (χ2n) is 4.09. The summed E-state index contributed by atoms with van der Waals surface area (Å²) in [5, 5.41) is 13.7. The Hall–Kier alpha value is -1.40. The molecule has 2 rings (SSSR count). The fraction of sp³-hybridized carbons (Fsp3) is 0.455. The van der Waals surface area contributed by atoms with Crippen LogP contribution in [0.15, 0.2) is 11.6 Å². The Kier molecular flexibility index (Phi) is 3.44. The highest BCUT2D eigenvalue weighted by atomic mass is 32.1. The molecule has 0 saturated carbocycles. The molecule has 0 aliphatic rings. The van der Waals surface area contributed by atoms with E-state index in [1.54, 1.807) is 6.92 Å². The number of nitrogens with one attached hydrogen (secondary N) is 1. The molecular weight excluding hydrogens is 238 g/mol. The number of rotatable bonds is 4. The van der Waals surface area contributed by atoms with Crippen LogP contribution in [0, 0.1) is 6.92 Å².